The van der Waals surface area contributed by atoms with Crippen molar-refractivity contribution in [3.05, 3.63) is 48.4 Å². The summed E-state index contributed by atoms with van der Waals surface area (Å²) in [6.07, 6.45) is 2.91. The molecule has 3 rings (SSSR count). The number of benzene rings is 1. The lowest BCUT2D eigenvalue weighted by Gasteiger charge is -2.34. The van der Waals surface area contributed by atoms with Gasteiger partial charge in [-0.3, -0.25) is 9.59 Å². The zero-order chi connectivity index (χ0) is 17.6. The molecule has 1 fully saturated rings. The molecule has 1 saturated heterocycles. The molecule has 0 atom stereocenters. The molecule has 25 heavy (non-hydrogen) atoms. The number of amides is 2. The summed E-state index contributed by atoms with van der Waals surface area (Å²) in [5.41, 5.74) is 0.527. The van der Waals surface area contributed by atoms with E-state index in [9.17, 15) is 9.59 Å². The summed E-state index contributed by atoms with van der Waals surface area (Å²) in [5.74, 6) is 0.936. The molecule has 1 aliphatic rings. The minimum Gasteiger partial charge on any atom is -0.493 e. The lowest BCUT2D eigenvalue weighted by molar-refractivity contribution is -0.134. The van der Waals surface area contributed by atoms with E-state index >= 15 is 0 Å². The summed E-state index contributed by atoms with van der Waals surface area (Å²) >= 11 is 0. The fraction of sp³-hybridized carbons (Fsp3) is 0.333. The predicted octanol–water partition coefficient (Wildman–Crippen LogP) is 1.65. The standard InChI is InChI=1S/C18H20N2O5/c1-23-15-4-2-3-5-16(15)25-13-17(21)19-7-9-20(10-8-19)18(22)14-6-11-24-12-14/h2-6,11-12H,7-10,13H2,1H3. The van der Waals surface area contributed by atoms with Gasteiger partial charge in [-0.2, -0.15) is 0 Å². The van der Waals surface area contributed by atoms with Crippen molar-refractivity contribution in [2.75, 3.05) is 39.9 Å². The number of hydrogen-bond donors (Lipinski definition) is 0. The van der Waals surface area contributed by atoms with Crippen LogP contribution < -0.4 is 9.47 Å². The lowest BCUT2D eigenvalue weighted by Crippen LogP contribution is -2.51. The van der Waals surface area contributed by atoms with Gasteiger partial charge in [-0.05, 0) is 18.2 Å². The quantitative estimate of drug-likeness (QED) is 0.825. The van der Waals surface area contributed by atoms with Gasteiger partial charge in [-0.1, -0.05) is 12.1 Å². The Kier molecular flexibility index (Phi) is 5.23. The van der Waals surface area contributed by atoms with Crippen LogP contribution in [0.3, 0.4) is 0 Å². The van der Waals surface area contributed by atoms with Gasteiger partial charge in [0.05, 0.1) is 18.9 Å². The Bertz CT molecular complexity index is 721. The third-order valence-electron chi connectivity index (χ3n) is 4.11. The highest BCUT2D eigenvalue weighted by Gasteiger charge is 2.25. The van der Waals surface area contributed by atoms with E-state index in [0.717, 1.165) is 0 Å². The minimum absolute atomic E-state index is 0.0595. The van der Waals surface area contributed by atoms with E-state index < -0.39 is 0 Å². The van der Waals surface area contributed by atoms with Gasteiger partial charge in [-0.15, -0.1) is 0 Å². The Morgan fingerprint density at radius 2 is 1.72 bits per heavy atom. The number of furan rings is 1. The van der Waals surface area contributed by atoms with Crippen molar-refractivity contribution < 1.29 is 23.5 Å². The number of carbonyl (C=O) groups excluding carboxylic acids is 2. The van der Waals surface area contributed by atoms with E-state index in [0.29, 0.717) is 43.2 Å². The Balaban J connectivity index is 1.49. The molecule has 2 aromatic rings. The average Bonchev–Trinajstić information content (AvgIpc) is 3.20. The van der Waals surface area contributed by atoms with Crippen LogP contribution in [-0.4, -0.2) is 61.5 Å². The molecule has 0 N–H and O–H groups in total. The van der Waals surface area contributed by atoms with Gasteiger partial charge in [-0.25, -0.2) is 0 Å². The highest BCUT2D eigenvalue weighted by atomic mass is 16.5. The van der Waals surface area contributed by atoms with Gasteiger partial charge >= 0.3 is 0 Å². The maximum atomic E-state index is 12.3. The molecule has 1 aromatic carbocycles. The molecule has 0 unspecified atom stereocenters. The van der Waals surface area contributed by atoms with Crippen molar-refractivity contribution in [2.45, 2.75) is 0 Å². The highest BCUT2D eigenvalue weighted by Crippen LogP contribution is 2.25. The first-order valence-electron chi connectivity index (χ1n) is 8.04. The van der Waals surface area contributed by atoms with Crippen LogP contribution in [0.5, 0.6) is 11.5 Å². The number of piperazine rings is 1. The van der Waals surface area contributed by atoms with Crippen molar-refractivity contribution in [3.63, 3.8) is 0 Å². The first-order chi connectivity index (χ1) is 12.2. The van der Waals surface area contributed by atoms with Crippen molar-refractivity contribution in [1.82, 2.24) is 9.80 Å². The molecule has 132 valence electrons. The van der Waals surface area contributed by atoms with Crippen molar-refractivity contribution in [1.29, 1.82) is 0 Å². The first kappa shape index (κ1) is 16.9. The number of nitrogens with zero attached hydrogens (tertiary/aromatic N) is 2. The Labute approximate surface area is 145 Å². The van der Waals surface area contributed by atoms with Crippen molar-refractivity contribution in [3.8, 4) is 11.5 Å². The van der Waals surface area contributed by atoms with Gasteiger partial charge in [0.1, 0.15) is 6.26 Å². The molecule has 1 aliphatic heterocycles. The van der Waals surface area contributed by atoms with Crippen LogP contribution >= 0.6 is 0 Å². The smallest absolute Gasteiger partial charge is 0.260 e. The van der Waals surface area contributed by atoms with Crippen molar-refractivity contribution >= 4 is 11.8 Å². The largest absolute Gasteiger partial charge is 0.493 e. The first-order valence-corrected chi connectivity index (χ1v) is 8.04. The number of para-hydroxylation sites is 2. The topological polar surface area (TPSA) is 72.2 Å². The Morgan fingerprint density at radius 3 is 2.36 bits per heavy atom. The summed E-state index contributed by atoms with van der Waals surface area (Å²) in [5, 5.41) is 0. The molecule has 7 heteroatoms. The third kappa shape index (κ3) is 3.93. The van der Waals surface area contributed by atoms with E-state index in [-0.39, 0.29) is 18.4 Å². The molecule has 0 bridgehead atoms. The van der Waals surface area contributed by atoms with Crippen LogP contribution in [-0.2, 0) is 4.79 Å². The van der Waals surface area contributed by atoms with E-state index in [1.807, 2.05) is 12.1 Å². The number of ether oxygens (including phenoxy) is 2. The van der Waals surface area contributed by atoms with Crippen LogP contribution in [0.1, 0.15) is 10.4 Å². The monoisotopic (exact) mass is 344 g/mol. The van der Waals surface area contributed by atoms with Gasteiger partial charge in [0.15, 0.2) is 18.1 Å². The van der Waals surface area contributed by atoms with Crippen molar-refractivity contribution in [2.24, 2.45) is 0 Å². The molecule has 2 amide bonds. The zero-order valence-corrected chi connectivity index (χ0v) is 14.0. The SMILES string of the molecule is COc1ccccc1OCC(=O)N1CCN(C(=O)c2ccoc2)CC1. The second-order valence-corrected chi connectivity index (χ2v) is 5.62. The third-order valence-corrected chi connectivity index (χ3v) is 4.11. The predicted molar refractivity (Wildman–Crippen MR) is 89.7 cm³/mol. The maximum Gasteiger partial charge on any atom is 0.260 e. The van der Waals surface area contributed by atoms with Gasteiger partial charge < -0.3 is 23.7 Å². The molecule has 0 spiro atoms. The van der Waals surface area contributed by atoms with Gasteiger partial charge in [0, 0.05) is 26.2 Å². The normalized spacial score (nSPS) is 14.3. The molecular weight excluding hydrogens is 324 g/mol. The second-order valence-electron chi connectivity index (χ2n) is 5.62. The van der Waals surface area contributed by atoms with Crippen LogP contribution in [0.4, 0.5) is 0 Å². The van der Waals surface area contributed by atoms with E-state index in [1.165, 1.54) is 12.5 Å². The minimum atomic E-state index is -0.110. The summed E-state index contributed by atoms with van der Waals surface area (Å²) < 4.78 is 15.7. The van der Waals surface area contributed by atoms with E-state index in [2.05, 4.69) is 0 Å². The van der Waals surface area contributed by atoms with Crippen LogP contribution in [0.25, 0.3) is 0 Å². The molecule has 0 radical (unpaired) electrons. The maximum absolute atomic E-state index is 12.3. The molecule has 7 nitrogen and oxygen atoms in total. The highest BCUT2D eigenvalue weighted by molar-refractivity contribution is 5.94. The van der Waals surface area contributed by atoms with Crippen LogP contribution in [0, 0.1) is 0 Å². The van der Waals surface area contributed by atoms with E-state index in [4.69, 9.17) is 13.9 Å². The Hall–Kier alpha value is -2.96. The lowest BCUT2D eigenvalue weighted by atomic mass is 10.2. The number of carbonyl (C=O) groups is 2. The summed E-state index contributed by atoms with van der Waals surface area (Å²) in [7, 11) is 1.56. The summed E-state index contributed by atoms with van der Waals surface area (Å²) in [4.78, 5) is 28.0. The second kappa shape index (κ2) is 7.74. The molecule has 0 aliphatic carbocycles. The fourth-order valence-electron chi connectivity index (χ4n) is 2.70. The van der Waals surface area contributed by atoms with E-state index in [1.54, 1.807) is 35.1 Å². The number of rotatable bonds is 5. The summed E-state index contributed by atoms with van der Waals surface area (Å²) in [6.45, 7) is 1.89. The molecule has 2 heterocycles. The molecular formula is C18H20N2O5. The van der Waals surface area contributed by atoms with Crippen LogP contribution in [0.15, 0.2) is 47.3 Å². The summed E-state index contributed by atoms with van der Waals surface area (Å²) in [6, 6.07) is 8.83. The molecule has 1 aromatic heterocycles. The van der Waals surface area contributed by atoms with Gasteiger partial charge in [0.2, 0.25) is 0 Å². The Morgan fingerprint density at radius 1 is 1.04 bits per heavy atom. The number of hydrogen-bond acceptors (Lipinski definition) is 5. The fourth-order valence-corrected chi connectivity index (χ4v) is 2.70. The van der Waals surface area contributed by atoms with Crippen LogP contribution in [0.2, 0.25) is 0 Å². The van der Waals surface area contributed by atoms with Gasteiger partial charge in [0.25, 0.3) is 11.8 Å². The molecule has 0 saturated carbocycles. The average molecular weight is 344 g/mol. The number of methoxy groups -OCH3 is 1. The zero-order valence-electron chi connectivity index (χ0n) is 14.0.